The minimum Gasteiger partial charge on any atom is -0.460 e. The lowest BCUT2D eigenvalue weighted by Gasteiger charge is -1.97. The van der Waals surface area contributed by atoms with E-state index in [1.165, 1.54) is 6.92 Å². The van der Waals surface area contributed by atoms with Crippen LogP contribution in [0.5, 0.6) is 0 Å². The molecule has 0 saturated carbocycles. The average molecular weight is 152 g/mol. The lowest BCUT2D eigenvalue weighted by Crippen LogP contribution is -2.01. The third-order valence-electron chi connectivity index (χ3n) is 0.892. The first-order valence-corrected chi connectivity index (χ1v) is 3.46. The second kappa shape index (κ2) is 5.55. The predicted molar refractivity (Wildman–Crippen MR) is 43.8 cm³/mol. The molecule has 0 heterocycles. The molecule has 0 aromatic carbocycles. The maximum atomic E-state index is 10.3. The fourth-order valence-corrected chi connectivity index (χ4v) is 0.438. The Morgan fingerprint density at radius 1 is 1.64 bits per heavy atom. The summed E-state index contributed by atoms with van der Waals surface area (Å²) in [6.45, 7) is 7.14. The van der Waals surface area contributed by atoms with E-state index in [0.29, 0.717) is 5.57 Å². The van der Waals surface area contributed by atoms with Crippen LogP contribution in [0.3, 0.4) is 0 Å². The molecule has 0 saturated heterocycles. The molecule has 60 valence electrons. The molecule has 0 atom stereocenters. The SMILES string of the molecule is C=C(C#CCC)COC(C)=O. The van der Waals surface area contributed by atoms with Gasteiger partial charge in [-0.15, -0.1) is 0 Å². The van der Waals surface area contributed by atoms with Gasteiger partial charge in [-0.1, -0.05) is 25.3 Å². The van der Waals surface area contributed by atoms with E-state index in [9.17, 15) is 4.79 Å². The summed E-state index contributed by atoms with van der Waals surface area (Å²) in [5.41, 5.74) is 0.641. The minimum atomic E-state index is -0.301. The predicted octanol–water partition coefficient (Wildman–Crippen LogP) is 1.52. The van der Waals surface area contributed by atoms with Crippen LogP contribution in [-0.2, 0) is 9.53 Å². The van der Waals surface area contributed by atoms with E-state index < -0.39 is 0 Å². The number of ether oxygens (including phenoxy) is 1. The van der Waals surface area contributed by atoms with Gasteiger partial charge in [0.1, 0.15) is 6.61 Å². The summed E-state index contributed by atoms with van der Waals surface area (Å²) in [5, 5.41) is 0. The molecule has 2 nitrogen and oxygen atoms in total. The molecule has 2 heteroatoms. The zero-order chi connectivity index (χ0) is 8.69. The summed E-state index contributed by atoms with van der Waals surface area (Å²) < 4.78 is 4.66. The van der Waals surface area contributed by atoms with Crippen molar-refractivity contribution in [3.8, 4) is 11.8 Å². The van der Waals surface area contributed by atoms with Crippen molar-refractivity contribution in [2.24, 2.45) is 0 Å². The van der Waals surface area contributed by atoms with Gasteiger partial charge in [-0.2, -0.15) is 0 Å². The summed E-state index contributed by atoms with van der Waals surface area (Å²) in [6, 6.07) is 0. The first-order valence-electron chi connectivity index (χ1n) is 3.46. The zero-order valence-electron chi connectivity index (χ0n) is 6.94. The molecule has 0 spiro atoms. The maximum absolute atomic E-state index is 10.3. The van der Waals surface area contributed by atoms with Gasteiger partial charge in [-0.05, 0) is 0 Å². The summed E-state index contributed by atoms with van der Waals surface area (Å²) in [5.74, 6) is 5.30. The van der Waals surface area contributed by atoms with Crippen molar-refractivity contribution in [2.45, 2.75) is 20.3 Å². The van der Waals surface area contributed by atoms with Crippen molar-refractivity contribution in [2.75, 3.05) is 6.61 Å². The van der Waals surface area contributed by atoms with Gasteiger partial charge >= 0.3 is 5.97 Å². The number of hydrogen-bond donors (Lipinski definition) is 0. The van der Waals surface area contributed by atoms with E-state index in [1.807, 2.05) is 6.92 Å². The van der Waals surface area contributed by atoms with Gasteiger partial charge in [0.25, 0.3) is 0 Å². The number of rotatable bonds is 2. The second-order valence-corrected chi connectivity index (χ2v) is 2.04. The van der Waals surface area contributed by atoms with E-state index in [4.69, 9.17) is 0 Å². The van der Waals surface area contributed by atoms with Crippen LogP contribution in [-0.4, -0.2) is 12.6 Å². The number of esters is 1. The highest BCUT2D eigenvalue weighted by atomic mass is 16.5. The second-order valence-electron chi connectivity index (χ2n) is 2.04. The van der Waals surface area contributed by atoms with Crippen LogP contribution in [0, 0.1) is 11.8 Å². The number of carbonyl (C=O) groups excluding carboxylic acids is 1. The maximum Gasteiger partial charge on any atom is 0.302 e. The molecule has 0 bridgehead atoms. The Morgan fingerprint density at radius 3 is 2.73 bits per heavy atom. The van der Waals surface area contributed by atoms with Crippen LogP contribution < -0.4 is 0 Å². The van der Waals surface area contributed by atoms with E-state index >= 15 is 0 Å². The van der Waals surface area contributed by atoms with Gasteiger partial charge in [0.2, 0.25) is 0 Å². The Morgan fingerprint density at radius 2 is 2.27 bits per heavy atom. The van der Waals surface area contributed by atoms with Crippen LogP contribution in [0.15, 0.2) is 12.2 Å². The Hall–Kier alpha value is -1.23. The highest BCUT2D eigenvalue weighted by Gasteiger charge is 1.92. The molecule has 11 heavy (non-hydrogen) atoms. The molecular weight excluding hydrogens is 140 g/mol. The Bertz CT molecular complexity index is 205. The van der Waals surface area contributed by atoms with Crippen LogP contribution in [0.25, 0.3) is 0 Å². The standard InChI is InChI=1S/C9H12O2/c1-4-5-6-8(2)7-11-9(3)10/h2,4,7H2,1,3H3. The summed E-state index contributed by atoms with van der Waals surface area (Å²) in [7, 11) is 0. The lowest BCUT2D eigenvalue weighted by atomic mass is 10.3. The third kappa shape index (κ3) is 6.66. The smallest absolute Gasteiger partial charge is 0.302 e. The molecular formula is C9H12O2. The summed E-state index contributed by atoms with van der Waals surface area (Å²) >= 11 is 0. The number of hydrogen-bond acceptors (Lipinski definition) is 2. The van der Waals surface area contributed by atoms with Crippen molar-refractivity contribution < 1.29 is 9.53 Å². The lowest BCUT2D eigenvalue weighted by molar-refractivity contribution is -0.139. The molecule has 0 aliphatic carbocycles. The average Bonchev–Trinajstić information content (AvgIpc) is 1.97. The first kappa shape index (κ1) is 9.77. The summed E-state index contributed by atoms with van der Waals surface area (Å²) in [6.07, 6.45) is 0.791. The summed E-state index contributed by atoms with van der Waals surface area (Å²) in [4.78, 5) is 10.3. The molecule has 0 unspecified atom stereocenters. The largest absolute Gasteiger partial charge is 0.460 e. The molecule has 0 aliphatic rings. The highest BCUT2D eigenvalue weighted by molar-refractivity contribution is 5.66. The fourth-order valence-electron chi connectivity index (χ4n) is 0.438. The van der Waals surface area contributed by atoms with Crippen LogP contribution in [0.4, 0.5) is 0 Å². The van der Waals surface area contributed by atoms with Crippen LogP contribution in [0.2, 0.25) is 0 Å². The van der Waals surface area contributed by atoms with Gasteiger partial charge < -0.3 is 4.74 Å². The van der Waals surface area contributed by atoms with Crippen molar-refractivity contribution in [1.29, 1.82) is 0 Å². The first-order chi connectivity index (χ1) is 5.16. The fraction of sp³-hybridized carbons (Fsp3) is 0.444. The number of carbonyl (C=O) groups is 1. The normalized spacial score (nSPS) is 7.82. The molecule has 0 N–H and O–H groups in total. The molecule has 0 aliphatic heterocycles. The zero-order valence-corrected chi connectivity index (χ0v) is 6.94. The Kier molecular flexibility index (Phi) is 4.93. The van der Waals surface area contributed by atoms with Crippen molar-refractivity contribution >= 4 is 5.97 Å². The molecule has 0 radical (unpaired) electrons. The van der Waals surface area contributed by atoms with Gasteiger partial charge in [0, 0.05) is 18.9 Å². The van der Waals surface area contributed by atoms with Gasteiger partial charge in [0.15, 0.2) is 0 Å². The van der Waals surface area contributed by atoms with E-state index in [2.05, 4.69) is 23.2 Å². The topological polar surface area (TPSA) is 26.3 Å². The quantitative estimate of drug-likeness (QED) is 0.443. The monoisotopic (exact) mass is 152 g/mol. The minimum absolute atomic E-state index is 0.211. The molecule has 0 amide bonds. The van der Waals surface area contributed by atoms with Crippen molar-refractivity contribution in [3.63, 3.8) is 0 Å². The molecule has 0 rings (SSSR count). The van der Waals surface area contributed by atoms with Gasteiger partial charge in [-0.25, -0.2) is 0 Å². The Labute approximate surface area is 67.2 Å². The van der Waals surface area contributed by atoms with Crippen molar-refractivity contribution in [1.82, 2.24) is 0 Å². The third-order valence-corrected chi connectivity index (χ3v) is 0.892. The van der Waals surface area contributed by atoms with E-state index in [-0.39, 0.29) is 12.6 Å². The van der Waals surface area contributed by atoms with Gasteiger partial charge in [0.05, 0.1) is 0 Å². The van der Waals surface area contributed by atoms with E-state index in [0.717, 1.165) is 6.42 Å². The Balaban J connectivity index is 3.62. The van der Waals surface area contributed by atoms with Crippen molar-refractivity contribution in [3.05, 3.63) is 12.2 Å². The van der Waals surface area contributed by atoms with E-state index in [1.54, 1.807) is 0 Å². The van der Waals surface area contributed by atoms with Gasteiger partial charge in [-0.3, -0.25) is 4.79 Å². The molecule has 0 aromatic rings. The van der Waals surface area contributed by atoms with Crippen LogP contribution in [0.1, 0.15) is 20.3 Å². The molecule has 0 aromatic heterocycles. The molecule has 0 fully saturated rings. The highest BCUT2D eigenvalue weighted by Crippen LogP contribution is 1.89. The van der Waals surface area contributed by atoms with Crippen LogP contribution >= 0.6 is 0 Å².